The minimum Gasteiger partial charge on any atom is -0.460 e. The van der Waals surface area contributed by atoms with E-state index in [-0.39, 0.29) is 0 Å². The van der Waals surface area contributed by atoms with E-state index in [4.69, 9.17) is 16.0 Å². The van der Waals surface area contributed by atoms with Gasteiger partial charge in [-0.25, -0.2) is 0 Å². The highest BCUT2D eigenvalue weighted by molar-refractivity contribution is 14.1. The molecule has 2 nitrogen and oxygen atoms in total. The van der Waals surface area contributed by atoms with Gasteiger partial charge in [0.05, 0.1) is 6.54 Å². The summed E-state index contributed by atoms with van der Waals surface area (Å²) in [6.45, 7) is 3.78. The highest BCUT2D eigenvalue weighted by Crippen LogP contribution is 2.29. The largest absolute Gasteiger partial charge is 0.460 e. The van der Waals surface area contributed by atoms with Crippen molar-refractivity contribution in [3.8, 4) is 11.3 Å². The van der Waals surface area contributed by atoms with Gasteiger partial charge in [-0.2, -0.15) is 0 Å². The van der Waals surface area contributed by atoms with Crippen molar-refractivity contribution >= 4 is 34.2 Å². The van der Waals surface area contributed by atoms with Crippen molar-refractivity contribution in [2.75, 3.05) is 6.54 Å². The van der Waals surface area contributed by atoms with E-state index in [1.165, 1.54) is 0 Å². The van der Waals surface area contributed by atoms with E-state index in [1.807, 2.05) is 30.3 Å². The predicted molar refractivity (Wildman–Crippen MR) is 79.3 cm³/mol. The number of hydrogen-bond acceptors (Lipinski definition) is 2. The standard InChI is InChI=1S/C13H13ClINO/c1-2-16-8-10-4-6-13(17-10)11-5-3-9(14)7-12(11)15/h3-7,16H,2,8H2,1H3. The molecular formula is C13H13ClINO. The molecule has 1 aromatic heterocycles. The first-order valence-electron chi connectivity index (χ1n) is 5.45. The Kier molecular flexibility index (Phi) is 4.48. The maximum absolute atomic E-state index is 5.93. The summed E-state index contributed by atoms with van der Waals surface area (Å²) in [6, 6.07) is 9.80. The molecule has 0 atom stereocenters. The van der Waals surface area contributed by atoms with Gasteiger partial charge in [-0.05, 0) is 59.5 Å². The van der Waals surface area contributed by atoms with E-state index >= 15 is 0 Å². The van der Waals surface area contributed by atoms with Crippen LogP contribution in [0.15, 0.2) is 34.7 Å². The summed E-state index contributed by atoms with van der Waals surface area (Å²) in [5.41, 5.74) is 1.08. The first-order valence-corrected chi connectivity index (χ1v) is 6.91. The van der Waals surface area contributed by atoms with E-state index in [9.17, 15) is 0 Å². The van der Waals surface area contributed by atoms with Crippen LogP contribution in [-0.4, -0.2) is 6.54 Å². The Bertz CT molecular complexity index is 510. The SMILES string of the molecule is CCNCc1ccc(-c2ccc(Cl)cc2I)o1. The molecule has 1 heterocycles. The fraction of sp³-hybridized carbons (Fsp3) is 0.231. The van der Waals surface area contributed by atoms with Crippen molar-refractivity contribution in [1.29, 1.82) is 0 Å². The molecule has 0 bridgehead atoms. The highest BCUT2D eigenvalue weighted by Gasteiger charge is 2.08. The zero-order valence-corrected chi connectivity index (χ0v) is 12.4. The predicted octanol–water partition coefficient (Wildman–Crippen LogP) is 4.31. The number of rotatable bonds is 4. The Morgan fingerprint density at radius 3 is 2.82 bits per heavy atom. The summed E-state index contributed by atoms with van der Waals surface area (Å²) in [7, 11) is 0. The fourth-order valence-electron chi connectivity index (χ4n) is 1.56. The van der Waals surface area contributed by atoms with Crippen molar-refractivity contribution < 1.29 is 4.42 Å². The van der Waals surface area contributed by atoms with Crippen LogP contribution >= 0.6 is 34.2 Å². The Labute approximate surface area is 119 Å². The van der Waals surface area contributed by atoms with Crippen LogP contribution in [0.4, 0.5) is 0 Å². The van der Waals surface area contributed by atoms with E-state index < -0.39 is 0 Å². The number of hydrogen-bond donors (Lipinski definition) is 1. The molecule has 0 saturated heterocycles. The molecule has 4 heteroatoms. The van der Waals surface area contributed by atoms with Gasteiger partial charge in [-0.15, -0.1) is 0 Å². The molecule has 0 aliphatic heterocycles. The second-order valence-corrected chi connectivity index (χ2v) is 5.27. The van der Waals surface area contributed by atoms with Crippen LogP contribution in [0.3, 0.4) is 0 Å². The zero-order valence-electron chi connectivity index (χ0n) is 9.47. The topological polar surface area (TPSA) is 25.2 Å². The van der Waals surface area contributed by atoms with Crippen molar-refractivity contribution in [3.63, 3.8) is 0 Å². The third-order valence-electron chi connectivity index (χ3n) is 2.41. The van der Waals surface area contributed by atoms with Gasteiger partial charge in [0.15, 0.2) is 0 Å². The molecule has 0 saturated carbocycles. The van der Waals surface area contributed by atoms with Gasteiger partial charge < -0.3 is 9.73 Å². The van der Waals surface area contributed by atoms with E-state index in [2.05, 4.69) is 34.8 Å². The lowest BCUT2D eigenvalue weighted by molar-refractivity contribution is 0.498. The molecule has 0 spiro atoms. The summed E-state index contributed by atoms with van der Waals surface area (Å²) < 4.78 is 6.88. The molecule has 17 heavy (non-hydrogen) atoms. The van der Waals surface area contributed by atoms with E-state index in [1.54, 1.807) is 0 Å². The highest BCUT2D eigenvalue weighted by atomic mass is 127. The minimum absolute atomic E-state index is 0.748. The molecule has 0 unspecified atom stereocenters. The van der Waals surface area contributed by atoms with E-state index in [0.29, 0.717) is 0 Å². The van der Waals surface area contributed by atoms with Crippen LogP contribution in [-0.2, 0) is 6.54 Å². The lowest BCUT2D eigenvalue weighted by atomic mass is 10.2. The Morgan fingerprint density at radius 2 is 2.12 bits per heavy atom. The van der Waals surface area contributed by atoms with Crippen LogP contribution in [0.1, 0.15) is 12.7 Å². The van der Waals surface area contributed by atoms with Gasteiger partial charge in [-0.3, -0.25) is 0 Å². The van der Waals surface area contributed by atoms with Crippen LogP contribution < -0.4 is 5.32 Å². The van der Waals surface area contributed by atoms with Crippen molar-refractivity contribution in [3.05, 3.63) is 44.7 Å². The molecule has 1 N–H and O–H groups in total. The summed E-state index contributed by atoms with van der Waals surface area (Å²) >= 11 is 8.20. The third kappa shape index (κ3) is 3.24. The molecule has 0 amide bonds. The van der Waals surface area contributed by atoms with Gasteiger partial charge in [0.2, 0.25) is 0 Å². The maximum Gasteiger partial charge on any atom is 0.135 e. The Morgan fingerprint density at radius 1 is 1.29 bits per heavy atom. The summed E-state index contributed by atoms with van der Waals surface area (Å²) in [5, 5.41) is 3.98. The zero-order chi connectivity index (χ0) is 12.3. The van der Waals surface area contributed by atoms with Crippen LogP contribution in [0.25, 0.3) is 11.3 Å². The molecule has 0 aliphatic rings. The first kappa shape index (κ1) is 12.9. The molecule has 0 radical (unpaired) electrons. The van der Waals surface area contributed by atoms with E-state index in [0.717, 1.165) is 38.8 Å². The average Bonchev–Trinajstić information content (AvgIpc) is 2.75. The van der Waals surface area contributed by atoms with Crippen molar-refractivity contribution in [2.45, 2.75) is 13.5 Å². The first-order chi connectivity index (χ1) is 8.20. The van der Waals surface area contributed by atoms with Crippen LogP contribution in [0, 0.1) is 3.57 Å². The molecule has 90 valence electrons. The molecule has 0 aliphatic carbocycles. The smallest absolute Gasteiger partial charge is 0.135 e. The molecule has 2 rings (SSSR count). The monoisotopic (exact) mass is 361 g/mol. The maximum atomic E-state index is 5.93. The van der Waals surface area contributed by atoms with Gasteiger partial charge in [0.25, 0.3) is 0 Å². The Balaban J connectivity index is 2.24. The van der Waals surface area contributed by atoms with Crippen molar-refractivity contribution in [2.24, 2.45) is 0 Å². The van der Waals surface area contributed by atoms with Gasteiger partial charge >= 0.3 is 0 Å². The quantitative estimate of drug-likeness (QED) is 0.821. The fourth-order valence-corrected chi connectivity index (χ4v) is 2.69. The Hall–Kier alpha value is -0.520. The lowest BCUT2D eigenvalue weighted by Gasteiger charge is -2.02. The number of nitrogens with one attached hydrogen (secondary N) is 1. The van der Waals surface area contributed by atoms with Gasteiger partial charge in [0.1, 0.15) is 11.5 Å². The lowest BCUT2D eigenvalue weighted by Crippen LogP contribution is -2.10. The third-order valence-corrected chi connectivity index (χ3v) is 3.54. The number of furan rings is 1. The molecular weight excluding hydrogens is 349 g/mol. The van der Waals surface area contributed by atoms with Crippen LogP contribution in [0.2, 0.25) is 5.02 Å². The summed E-state index contributed by atoms with van der Waals surface area (Å²) in [5.74, 6) is 1.84. The molecule has 1 aromatic carbocycles. The normalized spacial score (nSPS) is 10.8. The second kappa shape index (κ2) is 5.89. The van der Waals surface area contributed by atoms with Crippen molar-refractivity contribution in [1.82, 2.24) is 5.32 Å². The van der Waals surface area contributed by atoms with Gasteiger partial charge in [0, 0.05) is 14.2 Å². The van der Waals surface area contributed by atoms with Gasteiger partial charge in [-0.1, -0.05) is 18.5 Å². The summed E-state index contributed by atoms with van der Waals surface area (Å²) in [6.07, 6.45) is 0. The number of halogens is 2. The summed E-state index contributed by atoms with van der Waals surface area (Å²) in [4.78, 5) is 0. The minimum atomic E-state index is 0.748. The molecule has 2 aromatic rings. The number of benzene rings is 1. The molecule has 0 fully saturated rings. The van der Waals surface area contributed by atoms with Crippen LogP contribution in [0.5, 0.6) is 0 Å². The average molecular weight is 362 g/mol. The second-order valence-electron chi connectivity index (χ2n) is 3.67.